The monoisotopic (exact) mass is 330 g/mol. The number of nitrogens with one attached hydrogen (secondary N) is 2. The second-order valence-electron chi connectivity index (χ2n) is 5.31. The van der Waals surface area contributed by atoms with E-state index >= 15 is 0 Å². The highest BCUT2D eigenvalue weighted by Gasteiger charge is 2.10. The van der Waals surface area contributed by atoms with Crippen LogP contribution in [0.1, 0.15) is 31.8 Å². The number of halogens is 1. The molecule has 2 aromatic rings. The van der Waals surface area contributed by atoms with Crippen molar-refractivity contribution in [1.82, 2.24) is 10.6 Å². The van der Waals surface area contributed by atoms with Crippen LogP contribution < -0.4 is 10.6 Å². The topological polar surface area (TPSA) is 58.2 Å². The molecule has 0 aliphatic carbocycles. The van der Waals surface area contributed by atoms with Crippen molar-refractivity contribution < 1.29 is 9.59 Å². The van der Waals surface area contributed by atoms with Gasteiger partial charge in [0, 0.05) is 18.7 Å². The lowest BCUT2D eigenvalue weighted by Gasteiger charge is -2.10. The van der Waals surface area contributed by atoms with Gasteiger partial charge < -0.3 is 10.6 Å². The summed E-state index contributed by atoms with van der Waals surface area (Å²) in [4.78, 5) is 24.1. The molecule has 0 fully saturated rings. The first-order chi connectivity index (χ1) is 11.0. The first-order valence-corrected chi connectivity index (χ1v) is 7.75. The predicted molar refractivity (Wildman–Crippen MR) is 92.0 cm³/mol. The van der Waals surface area contributed by atoms with Gasteiger partial charge in [-0.05, 0) is 37.6 Å². The Balaban J connectivity index is 1.83. The number of carbonyl (C=O) groups excluding carboxylic acids is 2. The normalized spacial score (nSPS) is 10.2. The third-order valence-corrected chi connectivity index (χ3v) is 3.78. The number of amides is 2. The molecule has 0 aromatic heterocycles. The third kappa shape index (κ3) is 4.57. The SMILES string of the molecule is Cc1ccc(C)c(C(=O)NCCNC(=O)c2ccccc2Cl)c1. The van der Waals surface area contributed by atoms with Gasteiger partial charge in [0.05, 0.1) is 10.6 Å². The van der Waals surface area contributed by atoms with Crippen LogP contribution in [0.4, 0.5) is 0 Å². The second-order valence-corrected chi connectivity index (χ2v) is 5.72. The Morgan fingerprint density at radius 2 is 1.52 bits per heavy atom. The molecule has 0 spiro atoms. The highest BCUT2D eigenvalue weighted by Crippen LogP contribution is 2.14. The molecule has 2 aromatic carbocycles. The van der Waals surface area contributed by atoms with Gasteiger partial charge in [0.1, 0.15) is 0 Å². The molecule has 0 unspecified atom stereocenters. The lowest BCUT2D eigenvalue weighted by molar-refractivity contribution is 0.0927. The molecule has 2 rings (SSSR count). The second kappa shape index (κ2) is 7.79. The molecular formula is C18H19ClN2O2. The van der Waals surface area contributed by atoms with Gasteiger partial charge >= 0.3 is 0 Å². The molecule has 23 heavy (non-hydrogen) atoms. The Kier molecular flexibility index (Phi) is 5.77. The van der Waals surface area contributed by atoms with Crippen molar-refractivity contribution in [1.29, 1.82) is 0 Å². The fourth-order valence-corrected chi connectivity index (χ4v) is 2.39. The summed E-state index contributed by atoms with van der Waals surface area (Å²) in [5.41, 5.74) is 3.04. The highest BCUT2D eigenvalue weighted by molar-refractivity contribution is 6.33. The summed E-state index contributed by atoms with van der Waals surface area (Å²) in [5.74, 6) is -0.394. The summed E-state index contributed by atoms with van der Waals surface area (Å²) >= 11 is 5.96. The van der Waals surface area contributed by atoms with E-state index in [1.165, 1.54) is 0 Å². The van der Waals surface area contributed by atoms with Crippen LogP contribution in [-0.2, 0) is 0 Å². The van der Waals surface area contributed by atoms with E-state index in [1.807, 2.05) is 32.0 Å². The molecule has 120 valence electrons. The van der Waals surface area contributed by atoms with Crippen LogP contribution in [0.3, 0.4) is 0 Å². The Morgan fingerprint density at radius 3 is 2.17 bits per heavy atom. The number of hydrogen-bond donors (Lipinski definition) is 2. The van der Waals surface area contributed by atoms with Gasteiger partial charge in [-0.3, -0.25) is 9.59 Å². The van der Waals surface area contributed by atoms with Crippen molar-refractivity contribution in [3.63, 3.8) is 0 Å². The van der Waals surface area contributed by atoms with E-state index in [1.54, 1.807) is 24.3 Å². The minimum absolute atomic E-state index is 0.141. The molecule has 0 saturated heterocycles. The van der Waals surface area contributed by atoms with E-state index < -0.39 is 0 Å². The predicted octanol–water partition coefficient (Wildman–Crippen LogP) is 3.12. The van der Waals surface area contributed by atoms with Crippen LogP contribution in [0.15, 0.2) is 42.5 Å². The van der Waals surface area contributed by atoms with Crippen molar-refractivity contribution in [2.75, 3.05) is 13.1 Å². The smallest absolute Gasteiger partial charge is 0.252 e. The van der Waals surface area contributed by atoms with E-state index in [0.717, 1.165) is 11.1 Å². The van der Waals surface area contributed by atoms with Gasteiger partial charge in [-0.15, -0.1) is 0 Å². The molecule has 0 saturated carbocycles. The van der Waals surface area contributed by atoms with Crippen LogP contribution in [0.5, 0.6) is 0 Å². The van der Waals surface area contributed by atoms with Crippen LogP contribution in [0.25, 0.3) is 0 Å². The van der Waals surface area contributed by atoms with Crippen molar-refractivity contribution in [3.05, 3.63) is 69.7 Å². The molecule has 5 heteroatoms. The van der Waals surface area contributed by atoms with Gasteiger partial charge in [-0.25, -0.2) is 0 Å². The molecule has 0 aliphatic heterocycles. The molecule has 0 heterocycles. The quantitative estimate of drug-likeness (QED) is 0.828. The van der Waals surface area contributed by atoms with Crippen LogP contribution in [0, 0.1) is 13.8 Å². The number of carbonyl (C=O) groups is 2. The minimum Gasteiger partial charge on any atom is -0.350 e. The first-order valence-electron chi connectivity index (χ1n) is 7.37. The average Bonchev–Trinajstić information content (AvgIpc) is 2.53. The van der Waals surface area contributed by atoms with Gasteiger partial charge in [-0.1, -0.05) is 41.4 Å². The number of aryl methyl sites for hydroxylation is 2. The average molecular weight is 331 g/mol. The maximum atomic E-state index is 12.1. The van der Waals surface area contributed by atoms with Crippen LogP contribution >= 0.6 is 11.6 Å². The van der Waals surface area contributed by atoms with Crippen molar-refractivity contribution >= 4 is 23.4 Å². The number of rotatable bonds is 5. The summed E-state index contributed by atoms with van der Waals surface area (Å²) in [7, 11) is 0. The molecular weight excluding hydrogens is 312 g/mol. The summed E-state index contributed by atoms with van der Waals surface area (Å²) in [5, 5.41) is 5.94. The zero-order valence-electron chi connectivity index (χ0n) is 13.2. The fourth-order valence-electron chi connectivity index (χ4n) is 2.17. The Morgan fingerprint density at radius 1 is 0.913 bits per heavy atom. The zero-order valence-corrected chi connectivity index (χ0v) is 13.9. The molecule has 2 N–H and O–H groups in total. The van der Waals surface area contributed by atoms with E-state index in [-0.39, 0.29) is 11.8 Å². The fraction of sp³-hybridized carbons (Fsp3) is 0.222. The summed E-state index contributed by atoms with van der Waals surface area (Å²) < 4.78 is 0. The standard InChI is InChI=1S/C18H19ClN2O2/c1-12-7-8-13(2)15(11-12)18(23)21-10-9-20-17(22)14-5-3-4-6-16(14)19/h3-8,11H,9-10H2,1-2H3,(H,20,22)(H,21,23). The summed E-state index contributed by atoms with van der Waals surface area (Å²) in [6.07, 6.45) is 0. The third-order valence-electron chi connectivity index (χ3n) is 3.45. The Labute approximate surface area is 140 Å². The molecule has 0 radical (unpaired) electrons. The first kappa shape index (κ1) is 17.0. The number of hydrogen-bond acceptors (Lipinski definition) is 2. The van der Waals surface area contributed by atoms with Crippen molar-refractivity contribution in [2.24, 2.45) is 0 Å². The summed E-state index contributed by atoms with van der Waals surface area (Å²) in [6, 6.07) is 12.6. The van der Waals surface area contributed by atoms with Crippen LogP contribution in [-0.4, -0.2) is 24.9 Å². The van der Waals surface area contributed by atoms with Gasteiger partial charge in [0.15, 0.2) is 0 Å². The van der Waals surface area contributed by atoms with Crippen molar-refractivity contribution in [2.45, 2.75) is 13.8 Å². The van der Waals surface area contributed by atoms with Gasteiger partial charge in [-0.2, -0.15) is 0 Å². The van der Waals surface area contributed by atoms with E-state index in [2.05, 4.69) is 10.6 Å². The highest BCUT2D eigenvalue weighted by atomic mass is 35.5. The largest absolute Gasteiger partial charge is 0.350 e. The molecule has 4 nitrogen and oxygen atoms in total. The van der Waals surface area contributed by atoms with E-state index in [4.69, 9.17) is 11.6 Å². The molecule has 0 atom stereocenters. The molecule has 2 amide bonds. The zero-order chi connectivity index (χ0) is 16.8. The lowest BCUT2D eigenvalue weighted by Crippen LogP contribution is -2.35. The molecule has 0 bridgehead atoms. The van der Waals surface area contributed by atoms with Gasteiger partial charge in [0.2, 0.25) is 0 Å². The van der Waals surface area contributed by atoms with Crippen molar-refractivity contribution in [3.8, 4) is 0 Å². The van der Waals surface area contributed by atoms with Crippen LogP contribution in [0.2, 0.25) is 5.02 Å². The maximum Gasteiger partial charge on any atom is 0.252 e. The Bertz CT molecular complexity index is 729. The maximum absolute atomic E-state index is 12.1. The lowest BCUT2D eigenvalue weighted by atomic mass is 10.1. The Hall–Kier alpha value is -2.33. The van der Waals surface area contributed by atoms with Gasteiger partial charge in [0.25, 0.3) is 11.8 Å². The number of benzene rings is 2. The molecule has 0 aliphatic rings. The van der Waals surface area contributed by atoms with E-state index in [0.29, 0.717) is 29.2 Å². The summed E-state index contributed by atoms with van der Waals surface area (Å²) in [6.45, 7) is 4.52. The van der Waals surface area contributed by atoms with E-state index in [9.17, 15) is 9.59 Å². The minimum atomic E-state index is -0.253.